The fourth-order valence-electron chi connectivity index (χ4n) is 3.98. The third kappa shape index (κ3) is 5.51. The van der Waals surface area contributed by atoms with Crippen molar-refractivity contribution in [3.63, 3.8) is 0 Å². The molecule has 1 amide bonds. The van der Waals surface area contributed by atoms with E-state index in [-0.39, 0.29) is 13.0 Å². The van der Waals surface area contributed by atoms with Gasteiger partial charge in [-0.3, -0.25) is 4.79 Å². The summed E-state index contributed by atoms with van der Waals surface area (Å²) >= 11 is 5.92. The zero-order valence-corrected chi connectivity index (χ0v) is 19.7. The smallest absolute Gasteiger partial charge is 0.370 e. The van der Waals surface area contributed by atoms with E-state index in [0.29, 0.717) is 18.2 Å². The van der Waals surface area contributed by atoms with Crippen molar-refractivity contribution in [2.75, 3.05) is 25.0 Å². The molecule has 0 aliphatic carbocycles. The van der Waals surface area contributed by atoms with Gasteiger partial charge < -0.3 is 10.6 Å². The van der Waals surface area contributed by atoms with Crippen molar-refractivity contribution in [3.8, 4) is 11.1 Å². The van der Waals surface area contributed by atoms with Crippen molar-refractivity contribution in [2.45, 2.75) is 36.3 Å². The van der Waals surface area contributed by atoms with Crippen LogP contribution in [0.4, 0.5) is 32.0 Å². The lowest BCUT2D eigenvalue weighted by atomic mass is 9.92. The number of benzene rings is 2. The van der Waals surface area contributed by atoms with Crippen LogP contribution in [-0.2, 0) is 16.2 Å². The summed E-state index contributed by atoms with van der Waals surface area (Å²) < 4.78 is 111. The highest BCUT2D eigenvalue weighted by molar-refractivity contribution is 7.89. The molecule has 1 saturated heterocycles. The highest BCUT2D eigenvalue weighted by atomic mass is 35.5. The first-order valence-corrected chi connectivity index (χ1v) is 12.0. The molecule has 0 atom stereocenters. The Kier molecular flexibility index (Phi) is 7.36. The van der Waals surface area contributed by atoms with Gasteiger partial charge in [-0.1, -0.05) is 17.7 Å². The number of alkyl halides is 5. The van der Waals surface area contributed by atoms with E-state index in [2.05, 4.69) is 0 Å². The minimum absolute atomic E-state index is 0.114. The number of rotatable bonds is 5. The second-order valence-electron chi connectivity index (χ2n) is 7.92. The molecule has 0 radical (unpaired) electrons. The van der Waals surface area contributed by atoms with E-state index >= 15 is 0 Å². The van der Waals surface area contributed by atoms with Crippen molar-refractivity contribution < 1.29 is 39.6 Å². The fourth-order valence-corrected chi connectivity index (χ4v) is 5.11. The van der Waals surface area contributed by atoms with Crippen LogP contribution in [0.2, 0.25) is 5.02 Å². The van der Waals surface area contributed by atoms with Gasteiger partial charge in [-0.2, -0.15) is 13.2 Å². The minimum atomic E-state index is -5.12. The molecule has 1 aliphatic rings. The van der Waals surface area contributed by atoms with Crippen LogP contribution in [0.1, 0.15) is 35.2 Å². The second-order valence-corrected chi connectivity index (χ2v) is 10.2. The summed E-state index contributed by atoms with van der Waals surface area (Å²) in [5.41, 5.74) is 1.82. The van der Waals surface area contributed by atoms with Crippen molar-refractivity contribution >= 4 is 33.2 Å². The second kappa shape index (κ2) is 9.51. The van der Waals surface area contributed by atoms with Crippen LogP contribution in [0.3, 0.4) is 0 Å². The van der Waals surface area contributed by atoms with E-state index in [0.717, 1.165) is 18.0 Å². The van der Waals surface area contributed by atoms with Crippen LogP contribution >= 0.6 is 11.6 Å². The molecule has 1 heterocycles. The lowest BCUT2D eigenvalue weighted by molar-refractivity contribution is -0.137. The molecule has 2 aromatic rings. The van der Waals surface area contributed by atoms with Gasteiger partial charge in [0.1, 0.15) is 10.7 Å². The summed E-state index contributed by atoms with van der Waals surface area (Å²) in [5, 5.41) is -0.924. The predicted molar refractivity (Wildman–Crippen MR) is 118 cm³/mol. The molecular weight excluding hydrogens is 524 g/mol. The average Bonchev–Trinajstić information content (AvgIpc) is 2.92. The van der Waals surface area contributed by atoms with Gasteiger partial charge in [-0.25, -0.2) is 26.3 Å². The molecular formula is C21H20ClF6N3O3S. The Bertz CT molecular complexity index is 1270. The Morgan fingerprint density at radius 3 is 2.40 bits per heavy atom. The van der Waals surface area contributed by atoms with Gasteiger partial charge >= 0.3 is 6.18 Å². The lowest BCUT2D eigenvalue weighted by Gasteiger charge is -2.30. The first-order chi connectivity index (χ1) is 16.1. The highest BCUT2D eigenvalue weighted by Gasteiger charge is 2.41. The molecule has 0 aromatic heterocycles. The number of anilines is 1. The predicted octanol–water partition coefficient (Wildman–Crippen LogP) is 4.80. The van der Waals surface area contributed by atoms with Gasteiger partial charge in [0.15, 0.2) is 0 Å². The summed E-state index contributed by atoms with van der Waals surface area (Å²) in [6.45, 7) is -0.577. The Labute approximate surface area is 202 Å². The van der Waals surface area contributed by atoms with Gasteiger partial charge in [0.25, 0.3) is 5.91 Å². The number of carbonyl (C=O) groups excluding carboxylic acids is 1. The number of nitrogens with one attached hydrogen (secondary N) is 1. The molecule has 6 nitrogen and oxygen atoms in total. The Hall–Kier alpha value is -2.51. The monoisotopic (exact) mass is 543 g/mol. The third-order valence-corrected chi connectivity index (χ3v) is 7.34. The number of sulfonamides is 1. The Morgan fingerprint density at radius 1 is 1.17 bits per heavy atom. The molecule has 3 N–H and O–H groups in total. The fraction of sp³-hybridized carbons (Fsp3) is 0.381. The largest absolute Gasteiger partial charge is 0.418 e. The SMILES string of the molecule is CNS(=O)(=O)c1cc(-c2c(N3CCCC(F)(F)CC3)c(C(N)=O)cc(Cl)c2C(F)(F)F)ccc1F. The lowest BCUT2D eigenvalue weighted by Crippen LogP contribution is -2.30. The maximum atomic E-state index is 14.3. The minimum Gasteiger partial charge on any atom is -0.370 e. The van der Waals surface area contributed by atoms with Crippen LogP contribution in [0, 0.1) is 5.82 Å². The number of carbonyl (C=O) groups is 1. The van der Waals surface area contributed by atoms with E-state index in [1.165, 1.54) is 0 Å². The molecule has 35 heavy (non-hydrogen) atoms. The first kappa shape index (κ1) is 27.1. The standard InChI is InChI=1S/C21H20ClF6N3O3S/c1-30-35(33,34)15-9-11(3-4-14(15)23)16-17(21(26,27)28)13(22)10-12(19(29)32)18(16)31-7-2-5-20(24,25)6-8-31/h3-4,9-10,30H,2,5-8H2,1H3,(H2,29,32). The van der Waals surface area contributed by atoms with Crippen LogP contribution < -0.4 is 15.4 Å². The van der Waals surface area contributed by atoms with Gasteiger partial charge in [-0.15, -0.1) is 0 Å². The summed E-state index contributed by atoms with van der Waals surface area (Å²) in [6, 6.07) is 2.88. The summed E-state index contributed by atoms with van der Waals surface area (Å²) in [4.78, 5) is 12.4. The van der Waals surface area contributed by atoms with Crippen LogP contribution in [0.25, 0.3) is 11.1 Å². The van der Waals surface area contributed by atoms with Gasteiger partial charge in [0.05, 0.1) is 21.8 Å². The van der Waals surface area contributed by atoms with Crippen molar-refractivity contribution in [1.82, 2.24) is 4.72 Å². The van der Waals surface area contributed by atoms with E-state index in [4.69, 9.17) is 17.3 Å². The maximum absolute atomic E-state index is 14.3. The topological polar surface area (TPSA) is 92.5 Å². The zero-order valence-electron chi connectivity index (χ0n) is 18.1. The molecule has 192 valence electrons. The average molecular weight is 544 g/mol. The molecule has 0 bridgehead atoms. The van der Waals surface area contributed by atoms with Crippen molar-refractivity contribution in [1.29, 1.82) is 0 Å². The van der Waals surface area contributed by atoms with Gasteiger partial charge in [-0.05, 0) is 37.2 Å². The molecule has 3 rings (SSSR count). The normalized spacial score (nSPS) is 16.7. The molecule has 0 spiro atoms. The molecule has 1 aliphatic heterocycles. The highest BCUT2D eigenvalue weighted by Crippen LogP contribution is 2.49. The Balaban J connectivity index is 2.45. The number of nitrogens with zero attached hydrogens (tertiary/aromatic N) is 1. The maximum Gasteiger partial charge on any atom is 0.418 e. The van der Waals surface area contributed by atoms with E-state index in [1.807, 2.05) is 4.72 Å². The van der Waals surface area contributed by atoms with Gasteiger partial charge in [0.2, 0.25) is 15.9 Å². The number of primary amides is 1. The number of hydrogen-bond acceptors (Lipinski definition) is 4. The Morgan fingerprint density at radius 2 is 1.83 bits per heavy atom. The van der Waals surface area contributed by atoms with Crippen LogP contribution in [0.5, 0.6) is 0 Å². The molecule has 0 unspecified atom stereocenters. The summed E-state index contributed by atoms with van der Waals surface area (Å²) in [5.74, 6) is -5.51. The number of hydrogen-bond donors (Lipinski definition) is 2. The number of nitrogens with two attached hydrogens (primary N) is 1. The van der Waals surface area contributed by atoms with Crippen LogP contribution in [0.15, 0.2) is 29.2 Å². The summed E-state index contributed by atoms with van der Waals surface area (Å²) in [7, 11) is -3.46. The first-order valence-electron chi connectivity index (χ1n) is 10.2. The third-order valence-electron chi connectivity index (χ3n) is 5.61. The zero-order chi connectivity index (χ0) is 26.3. The molecule has 1 fully saturated rings. The van der Waals surface area contributed by atoms with E-state index in [9.17, 15) is 39.6 Å². The molecule has 14 heteroatoms. The summed E-state index contributed by atoms with van der Waals surface area (Å²) in [6.07, 6.45) is -6.47. The molecule has 0 saturated carbocycles. The number of amides is 1. The van der Waals surface area contributed by atoms with Gasteiger partial charge in [0, 0.05) is 31.5 Å². The quantitative estimate of drug-likeness (QED) is 0.530. The van der Waals surface area contributed by atoms with Crippen molar-refractivity contribution in [3.05, 3.63) is 46.2 Å². The van der Waals surface area contributed by atoms with Crippen LogP contribution in [-0.4, -0.2) is 40.4 Å². The van der Waals surface area contributed by atoms with E-state index in [1.54, 1.807) is 0 Å². The number of halogens is 7. The van der Waals surface area contributed by atoms with Crippen molar-refractivity contribution in [2.24, 2.45) is 5.73 Å². The molecule has 2 aromatic carbocycles. The van der Waals surface area contributed by atoms with E-state index < -0.39 is 91.1 Å².